The minimum absolute atomic E-state index is 0.0856. The number of nitrogens with one attached hydrogen (secondary N) is 2. The number of benzene rings is 1. The van der Waals surface area contributed by atoms with Crippen LogP contribution in [0, 0.1) is 11.8 Å². The van der Waals surface area contributed by atoms with Gasteiger partial charge in [-0.25, -0.2) is 4.98 Å². The van der Waals surface area contributed by atoms with Gasteiger partial charge < -0.3 is 24.8 Å². The van der Waals surface area contributed by atoms with Crippen LogP contribution in [-0.4, -0.2) is 72.6 Å². The molecule has 1 saturated carbocycles. The molecule has 1 aromatic carbocycles. The van der Waals surface area contributed by atoms with Gasteiger partial charge in [0.05, 0.1) is 7.11 Å². The van der Waals surface area contributed by atoms with E-state index in [0.717, 1.165) is 67.1 Å². The molecular weight excluding hydrogens is 390 g/mol. The minimum atomic E-state index is 0.0856. The van der Waals surface area contributed by atoms with Gasteiger partial charge in [-0.2, -0.15) is 0 Å². The third-order valence-corrected chi connectivity index (χ3v) is 6.54. The Bertz CT molecular complexity index is 1090. The Hall–Kier alpha value is -2.90. The average molecular weight is 420 g/mol. The van der Waals surface area contributed by atoms with Gasteiger partial charge in [-0.15, -0.1) is 0 Å². The number of carbonyl (C=O) groups is 1. The number of ether oxygens (including phenoxy) is 1. The van der Waals surface area contributed by atoms with Crippen LogP contribution in [0.2, 0.25) is 0 Å². The van der Waals surface area contributed by atoms with Crippen molar-refractivity contribution in [2.24, 2.45) is 11.8 Å². The molecule has 0 radical (unpaired) electrons. The SMILES string of the molecule is COc1ccccc1-c1c[nH]c2nc(NC(=O)[C@@H]3C[C@@H]3CN3CCN(C)CC3)ccc12. The van der Waals surface area contributed by atoms with E-state index in [2.05, 4.69) is 32.1 Å². The number of piperazine rings is 1. The summed E-state index contributed by atoms with van der Waals surface area (Å²) in [6.45, 7) is 5.44. The zero-order valence-corrected chi connectivity index (χ0v) is 18.1. The second-order valence-electron chi connectivity index (χ2n) is 8.69. The molecule has 1 saturated heterocycles. The Morgan fingerprint density at radius 3 is 2.77 bits per heavy atom. The summed E-state index contributed by atoms with van der Waals surface area (Å²) in [5, 5.41) is 4.02. The quantitative estimate of drug-likeness (QED) is 0.642. The highest BCUT2D eigenvalue weighted by Crippen LogP contribution is 2.40. The molecule has 2 N–H and O–H groups in total. The number of pyridine rings is 1. The van der Waals surface area contributed by atoms with Crippen molar-refractivity contribution in [2.75, 3.05) is 52.2 Å². The van der Waals surface area contributed by atoms with E-state index in [-0.39, 0.29) is 11.8 Å². The number of anilines is 1. The number of aromatic nitrogens is 2. The normalized spacial score (nSPS) is 21.9. The molecule has 7 heteroatoms. The van der Waals surface area contributed by atoms with Gasteiger partial charge in [-0.1, -0.05) is 18.2 Å². The number of aromatic amines is 1. The topological polar surface area (TPSA) is 73.5 Å². The summed E-state index contributed by atoms with van der Waals surface area (Å²) in [7, 11) is 3.84. The van der Waals surface area contributed by atoms with E-state index in [0.29, 0.717) is 11.7 Å². The van der Waals surface area contributed by atoms with Crippen molar-refractivity contribution in [1.82, 2.24) is 19.8 Å². The number of carbonyl (C=O) groups excluding carboxylic acids is 1. The molecule has 2 aromatic heterocycles. The van der Waals surface area contributed by atoms with Gasteiger partial charge >= 0.3 is 0 Å². The molecule has 2 aliphatic rings. The van der Waals surface area contributed by atoms with Gasteiger partial charge in [-0.05, 0) is 37.6 Å². The molecule has 1 aliphatic carbocycles. The largest absolute Gasteiger partial charge is 0.496 e. The molecule has 3 aromatic rings. The van der Waals surface area contributed by atoms with Crippen molar-refractivity contribution in [3.8, 4) is 16.9 Å². The maximum absolute atomic E-state index is 12.7. The highest BCUT2D eigenvalue weighted by atomic mass is 16.5. The summed E-state index contributed by atoms with van der Waals surface area (Å²) >= 11 is 0. The maximum Gasteiger partial charge on any atom is 0.228 e. The number of H-pyrrole nitrogens is 1. The van der Waals surface area contributed by atoms with Crippen molar-refractivity contribution >= 4 is 22.8 Å². The zero-order chi connectivity index (χ0) is 21.4. The van der Waals surface area contributed by atoms with Crippen LogP contribution in [0.5, 0.6) is 5.75 Å². The van der Waals surface area contributed by atoms with Gasteiger partial charge in [-0.3, -0.25) is 4.79 Å². The molecule has 2 fully saturated rings. The van der Waals surface area contributed by atoms with Gasteiger partial charge in [0, 0.05) is 61.4 Å². The summed E-state index contributed by atoms with van der Waals surface area (Å²) in [5.41, 5.74) is 2.80. The first-order valence-corrected chi connectivity index (χ1v) is 11.0. The van der Waals surface area contributed by atoms with E-state index in [9.17, 15) is 4.79 Å². The van der Waals surface area contributed by atoms with Crippen molar-refractivity contribution in [3.63, 3.8) is 0 Å². The summed E-state index contributed by atoms with van der Waals surface area (Å²) in [6, 6.07) is 11.8. The van der Waals surface area contributed by atoms with E-state index < -0.39 is 0 Å². The lowest BCUT2D eigenvalue weighted by molar-refractivity contribution is -0.117. The number of para-hydroxylation sites is 1. The van der Waals surface area contributed by atoms with Gasteiger partial charge in [0.25, 0.3) is 0 Å². The first kappa shape index (κ1) is 20.0. The smallest absolute Gasteiger partial charge is 0.228 e. The van der Waals surface area contributed by atoms with Crippen LogP contribution >= 0.6 is 0 Å². The van der Waals surface area contributed by atoms with Crippen LogP contribution in [-0.2, 0) is 4.79 Å². The summed E-state index contributed by atoms with van der Waals surface area (Å²) < 4.78 is 5.50. The third kappa shape index (κ3) is 4.16. The fourth-order valence-electron chi connectivity index (χ4n) is 4.52. The maximum atomic E-state index is 12.7. The van der Waals surface area contributed by atoms with E-state index in [1.807, 2.05) is 42.6 Å². The molecule has 0 unspecified atom stereocenters. The first-order valence-electron chi connectivity index (χ1n) is 11.0. The number of hydrogen-bond acceptors (Lipinski definition) is 5. The lowest BCUT2D eigenvalue weighted by Crippen LogP contribution is -2.45. The monoisotopic (exact) mass is 419 g/mol. The number of fused-ring (bicyclic) bond motifs is 1. The van der Waals surface area contributed by atoms with E-state index in [1.165, 1.54) is 0 Å². The van der Waals surface area contributed by atoms with Crippen molar-refractivity contribution in [3.05, 3.63) is 42.6 Å². The molecule has 1 aliphatic heterocycles. The van der Waals surface area contributed by atoms with Crippen LogP contribution in [0.15, 0.2) is 42.6 Å². The van der Waals surface area contributed by atoms with E-state index >= 15 is 0 Å². The zero-order valence-electron chi connectivity index (χ0n) is 18.1. The Morgan fingerprint density at radius 1 is 1.16 bits per heavy atom. The van der Waals surface area contributed by atoms with Crippen LogP contribution in [0.3, 0.4) is 0 Å². The number of hydrogen-bond donors (Lipinski definition) is 2. The van der Waals surface area contributed by atoms with Crippen LogP contribution < -0.4 is 10.1 Å². The predicted octanol–water partition coefficient (Wildman–Crippen LogP) is 3.06. The highest BCUT2D eigenvalue weighted by molar-refractivity contribution is 5.98. The third-order valence-electron chi connectivity index (χ3n) is 6.54. The Kier molecular flexibility index (Phi) is 5.38. The number of amides is 1. The number of likely N-dealkylation sites (N-methyl/N-ethyl adjacent to an activating group) is 1. The fraction of sp³-hybridized carbons (Fsp3) is 0.417. The van der Waals surface area contributed by atoms with Gasteiger partial charge in [0.1, 0.15) is 17.2 Å². The number of methoxy groups -OCH3 is 1. The molecule has 7 nitrogen and oxygen atoms in total. The average Bonchev–Trinajstić information content (AvgIpc) is 3.44. The van der Waals surface area contributed by atoms with Crippen molar-refractivity contribution in [1.29, 1.82) is 0 Å². The standard InChI is InChI=1S/C24H29N5O2/c1-28-9-11-29(12-10-28)15-16-13-19(16)24(30)27-22-8-7-18-20(14-25-23(18)26-22)17-5-3-4-6-21(17)31-2/h3-8,14,16,19H,9-13,15H2,1-2H3,(H2,25,26,27,30)/t16-,19-/m1/s1. The van der Waals surface area contributed by atoms with E-state index in [4.69, 9.17) is 4.74 Å². The second kappa shape index (κ2) is 8.32. The van der Waals surface area contributed by atoms with Crippen LogP contribution in [0.4, 0.5) is 5.82 Å². The first-order chi connectivity index (χ1) is 15.1. The van der Waals surface area contributed by atoms with Crippen molar-refractivity contribution in [2.45, 2.75) is 6.42 Å². The van der Waals surface area contributed by atoms with Crippen molar-refractivity contribution < 1.29 is 9.53 Å². The number of rotatable bonds is 6. The lowest BCUT2D eigenvalue weighted by atomic mass is 10.0. The molecule has 31 heavy (non-hydrogen) atoms. The Balaban J connectivity index is 1.24. The Labute approximate surface area is 182 Å². The minimum Gasteiger partial charge on any atom is -0.496 e. The predicted molar refractivity (Wildman–Crippen MR) is 122 cm³/mol. The Morgan fingerprint density at radius 2 is 1.97 bits per heavy atom. The molecule has 3 heterocycles. The second-order valence-corrected chi connectivity index (χ2v) is 8.69. The van der Waals surface area contributed by atoms with Gasteiger partial charge in [0.15, 0.2) is 0 Å². The molecule has 0 bridgehead atoms. The van der Waals surface area contributed by atoms with E-state index in [1.54, 1.807) is 7.11 Å². The molecule has 2 atom stereocenters. The lowest BCUT2D eigenvalue weighted by Gasteiger charge is -2.32. The fourth-order valence-corrected chi connectivity index (χ4v) is 4.52. The highest BCUT2D eigenvalue weighted by Gasteiger charge is 2.43. The molecule has 5 rings (SSSR count). The number of nitrogens with zero attached hydrogens (tertiary/aromatic N) is 3. The molecule has 162 valence electrons. The summed E-state index contributed by atoms with van der Waals surface area (Å²) in [5.74, 6) is 2.07. The molecular formula is C24H29N5O2. The summed E-state index contributed by atoms with van der Waals surface area (Å²) in [4.78, 5) is 25.4. The van der Waals surface area contributed by atoms with Crippen LogP contribution in [0.25, 0.3) is 22.2 Å². The molecule has 1 amide bonds. The summed E-state index contributed by atoms with van der Waals surface area (Å²) in [6.07, 6.45) is 2.91. The van der Waals surface area contributed by atoms with Crippen LogP contribution in [0.1, 0.15) is 6.42 Å². The molecule has 0 spiro atoms. The van der Waals surface area contributed by atoms with Gasteiger partial charge in [0.2, 0.25) is 5.91 Å².